The highest BCUT2D eigenvalue weighted by atomic mass is 32.1. The largest absolute Gasteiger partial charge is 0.455 e. The van der Waals surface area contributed by atoms with E-state index < -0.39 is 0 Å². The Bertz CT molecular complexity index is 8280. The van der Waals surface area contributed by atoms with Gasteiger partial charge in [0.15, 0.2) is 23.3 Å². The molecule has 0 fully saturated rings. The van der Waals surface area contributed by atoms with Gasteiger partial charge in [0.2, 0.25) is 11.9 Å². The van der Waals surface area contributed by atoms with Gasteiger partial charge in [-0.3, -0.25) is 9.13 Å². The van der Waals surface area contributed by atoms with E-state index in [1.807, 2.05) is 120 Å². The summed E-state index contributed by atoms with van der Waals surface area (Å²) in [7, 11) is 0. The van der Waals surface area contributed by atoms with Crippen molar-refractivity contribution in [2.24, 2.45) is 0 Å². The van der Waals surface area contributed by atoms with Crippen LogP contribution in [0.25, 0.3) is 240 Å². The Morgan fingerprint density at radius 3 is 0.922 bits per heavy atom. The number of aromatic nitrogens is 8. The molecule has 8 heterocycles. The number of fused-ring (bicyclic) bond motifs is 24. The van der Waals surface area contributed by atoms with Crippen LogP contribution in [0.2, 0.25) is 0 Å². The monoisotopic (exact) mass is 1520 g/mol. The molecule has 0 aliphatic heterocycles. The number of hydrogen-bond acceptors (Lipinski definition) is 10. The van der Waals surface area contributed by atoms with Crippen molar-refractivity contribution < 1.29 is 8.83 Å². The van der Waals surface area contributed by atoms with E-state index in [9.17, 15) is 0 Å². The van der Waals surface area contributed by atoms with Crippen LogP contribution in [0, 0.1) is 0 Å². The highest BCUT2D eigenvalue weighted by molar-refractivity contribution is 7.26. The Morgan fingerprint density at radius 2 is 0.509 bits per heavy atom. The third-order valence-corrected chi connectivity index (χ3v) is 25.2. The minimum atomic E-state index is 0.543. The highest BCUT2D eigenvalue weighted by Crippen LogP contribution is 2.49. The Labute approximate surface area is 670 Å². The van der Waals surface area contributed by atoms with Crippen molar-refractivity contribution in [3.05, 3.63) is 364 Å². The average molecular weight is 1520 g/mol. The second kappa shape index (κ2) is 26.3. The van der Waals surface area contributed by atoms with Crippen LogP contribution in [0.5, 0.6) is 0 Å². The lowest BCUT2D eigenvalue weighted by molar-refractivity contribution is 0.673. The molecular weight excluding hydrogens is 1460 g/mol. The van der Waals surface area contributed by atoms with Crippen LogP contribution in [0.3, 0.4) is 0 Å². The lowest BCUT2D eigenvalue weighted by atomic mass is 9.94. The van der Waals surface area contributed by atoms with Crippen LogP contribution in [0.1, 0.15) is 0 Å². The molecule has 0 saturated heterocycles. The molecule has 0 saturated carbocycles. The zero-order chi connectivity index (χ0) is 76.1. The van der Waals surface area contributed by atoms with E-state index in [0.29, 0.717) is 35.2 Å². The molecule has 0 radical (unpaired) electrons. The fourth-order valence-electron chi connectivity index (χ4n) is 17.6. The average Bonchev–Trinajstić information content (AvgIpc) is 1.55. The van der Waals surface area contributed by atoms with Crippen LogP contribution < -0.4 is 0 Å². The zero-order valence-electron chi connectivity index (χ0n) is 61.9. The number of thiophene rings is 2. The zero-order valence-corrected chi connectivity index (χ0v) is 63.5. The lowest BCUT2D eigenvalue weighted by Gasteiger charge is -2.11. The van der Waals surface area contributed by atoms with E-state index in [1.165, 1.54) is 73.0 Å². The maximum Gasteiger partial charge on any atom is 0.238 e. The molecule has 25 aromatic rings. The summed E-state index contributed by atoms with van der Waals surface area (Å²) in [6.45, 7) is 0. The molecule has 17 aromatic carbocycles. The molecule has 116 heavy (non-hydrogen) atoms. The van der Waals surface area contributed by atoms with Crippen molar-refractivity contribution >= 4 is 172 Å². The van der Waals surface area contributed by atoms with Gasteiger partial charge in [0.25, 0.3) is 0 Å². The van der Waals surface area contributed by atoms with Gasteiger partial charge >= 0.3 is 0 Å². The molecule has 10 nitrogen and oxygen atoms in total. The van der Waals surface area contributed by atoms with Crippen LogP contribution in [-0.2, 0) is 0 Å². The van der Waals surface area contributed by atoms with Crippen molar-refractivity contribution in [2.75, 3.05) is 0 Å². The summed E-state index contributed by atoms with van der Waals surface area (Å²) in [6, 6.07) is 128. The standard InChI is InChI=1S/C55H32N4OS.C49H28N4OS/c1-3-13-33(14-4-1)34-23-25-36(26-24-34)54-56-53(35-15-5-2-6-16-35)57-55(58-54)59-45-21-11-9-20-41(45)51-46(59)29-28-42-50-40-19-8-7-17-38(40)43(32-47(50)60-52(42)51)37-27-30-49-44(31-37)39-18-10-12-22-48(39)61-49;1-3-13-29(14-4-1)47-50-48(30-15-5-2-6-16-30)52-49(51-47)53-39-21-11-9-20-35(39)45-40(53)25-24-36-44-34-19-8-7-17-32(34)37(28-41(44)54-46(36)45)31-23-26-43-38(27-31)33-18-10-12-22-42(33)55-43/h1-32H;1-28H. The summed E-state index contributed by atoms with van der Waals surface area (Å²) in [5.41, 5.74) is 18.0. The molecule has 540 valence electrons. The van der Waals surface area contributed by atoms with Gasteiger partial charge in [-0.05, 0) is 140 Å². The van der Waals surface area contributed by atoms with Crippen molar-refractivity contribution in [3.63, 3.8) is 0 Å². The molecule has 0 N–H and O–H groups in total. The number of hydrogen-bond donors (Lipinski definition) is 0. The number of nitrogens with zero attached hydrogens (tertiary/aromatic N) is 8. The molecule has 12 heteroatoms. The van der Waals surface area contributed by atoms with E-state index in [2.05, 4.69) is 276 Å². The van der Waals surface area contributed by atoms with E-state index in [4.69, 9.17) is 38.7 Å². The Kier molecular flexibility index (Phi) is 14.9. The van der Waals surface area contributed by atoms with Gasteiger partial charge in [-0.25, -0.2) is 9.97 Å². The van der Waals surface area contributed by atoms with Gasteiger partial charge in [-0.1, -0.05) is 279 Å². The minimum absolute atomic E-state index is 0.543. The normalized spacial score (nSPS) is 12.0. The van der Waals surface area contributed by atoms with E-state index >= 15 is 0 Å². The molecule has 0 unspecified atom stereocenters. The fraction of sp³-hybridized carbons (Fsp3) is 0. The predicted molar refractivity (Wildman–Crippen MR) is 482 cm³/mol. The third-order valence-electron chi connectivity index (χ3n) is 22.9. The molecule has 0 aliphatic rings. The van der Waals surface area contributed by atoms with Crippen LogP contribution >= 0.6 is 22.7 Å². The number of para-hydroxylation sites is 2. The molecule has 25 rings (SSSR count). The van der Waals surface area contributed by atoms with Gasteiger partial charge in [0.1, 0.15) is 22.3 Å². The van der Waals surface area contributed by atoms with Crippen molar-refractivity contribution in [2.45, 2.75) is 0 Å². The molecular formula is C104H60N8O2S2. The Balaban J connectivity index is 0.000000134. The summed E-state index contributed by atoms with van der Waals surface area (Å²) in [5, 5.41) is 18.5. The topological polar surface area (TPSA) is 113 Å². The maximum atomic E-state index is 7.11. The molecule has 0 aliphatic carbocycles. The van der Waals surface area contributed by atoms with Gasteiger partial charge in [-0.15, -0.1) is 22.7 Å². The maximum absolute atomic E-state index is 7.11. The summed E-state index contributed by atoms with van der Waals surface area (Å²) in [4.78, 5) is 30.7. The summed E-state index contributed by atoms with van der Waals surface area (Å²) in [5.74, 6) is 3.55. The van der Waals surface area contributed by atoms with Crippen LogP contribution in [-0.4, -0.2) is 39.0 Å². The van der Waals surface area contributed by atoms with Crippen molar-refractivity contribution in [1.82, 2.24) is 39.0 Å². The van der Waals surface area contributed by atoms with Crippen LogP contribution in [0.15, 0.2) is 373 Å². The smallest absolute Gasteiger partial charge is 0.238 e. The van der Waals surface area contributed by atoms with Gasteiger partial charge in [0.05, 0.1) is 32.8 Å². The molecule has 0 spiro atoms. The van der Waals surface area contributed by atoms with Crippen LogP contribution in [0.4, 0.5) is 0 Å². The summed E-state index contributed by atoms with van der Waals surface area (Å²) >= 11 is 3.69. The van der Waals surface area contributed by atoms with E-state index in [-0.39, 0.29) is 0 Å². The number of rotatable bonds is 9. The quantitative estimate of drug-likeness (QED) is 0.140. The second-order valence-corrected chi connectivity index (χ2v) is 31.7. The summed E-state index contributed by atoms with van der Waals surface area (Å²) in [6.07, 6.45) is 0. The number of furan rings is 2. The fourth-order valence-corrected chi connectivity index (χ4v) is 19.8. The first-order valence-electron chi connectivity index (χ1n) is 38.8. The molecule has 8 aromatic heterocycles. The Hall–Kier alpha value is -15.1. The van der Waals surface area contributed by atoms with Gasteiger partial charge in [-0.2, -0.15) is 19.9 Å². The van der Waals surface area contributed by atoms with E-state index in [0.717, 1.165) is 132 Å². The van der Waals surface area contributed by atoms with Crippen molar-refractivity contribution in [3.8, 4) is 90.8 Å². The van der Waals surface area contributed by atoms with Gasteiger partial charge in [0, 0.05) is 94.9 Å². The Morgan fingerprint density at radius 1 is 0.198 bits per heavy atom. The summed E-state index contributed by atoms with van der Waals surface area (Å²) < 4.78 is 23.7. The van der Waals surface area contributed by atoms with E-state index in [1.54, 1.807) is 0 Å². The second-order valence-electron chi connectivity index (χ2n) is 29.5. The van der Waals surface area contributed by atoms with Gasteiger partial charge < -0.3 is 8.83 Å². The molecule has 0 atom stereocenters. The highest BCUT2D eigenvalue weighted by Gasteiger charge is 2.27. The van der Waals surface area contributed by atoms with Crippen molar-refractivity contribution in [1.29, 1.82) is 0 Å². The predicted octanol–water partition coefficient (Wildman–Crippen LogP) is 28.4. The number of benzene rings is 17. The molecule has 0 amide bonds. The molecule has 0 bridgehead atoms. The third kappa shape index (κ3) is 10.5. The first kappa shape index (κ1) is 65.6. The minimum Gasteiger partial charge on any atom is -0.455 e. The first-order chi connectivity index (χ1) is 57.5. The lowest BCUT2D eigenvalue weighted by Crippen LogP contribution is -2.06. The SMILES string of the molecule is c1ccc(-c2ccc(-c3nc(-c4ccccc4)nc(-n4c5ccccc5c5c6oc7cc(-c8ccc9sc%10ccccc%10c9c8)c8ccccc8c7c6ccc54)n3)cc2)cc1.c1ccc(-c2nc(-c3ccccc3)nc(-n3c4ccccc4c4c5oc6cc(-c7ccc8sc9ccccc9c8c7)c7ccccc7c6c5ccc43)n2)cc1. The first-order valence-corrected chi connectivity index (χ1v) is 40.4.